The molecule has 0 bridgehead atoms. The van der Waals surface area contributed by atoms with E-state index in [1.54, 1.807) is 6.92 Å². The highest BCUT2D eigenvalue weighted by Gasteiger charge is 2.20. The van der Waals surface area contributed by atoms with Crippen molar-refractivity contribution >= 4 is 21.8 Å². The summed E-state index contributed by atoms with van der Waals surface area (Å²) in [4.78, 5) is 2.23. The number of thioether (sulfide) groups is 1. The third-order valence-corrected chi connectivity index (χ3v) is 7.78. The maximum atomic E-state index is 13.5. The van der Waals surface area contributed by atoms with Gasteiger partial charge in [-0.1, -0.05) is 36.0 Å². The zero-order valence-electron chi connectivity index (χ0n) is 18.3. The van der Waals surface area contributed by atoms with Gasteiger partial charge in [0.25, 0.3) is 0 Å². The van der Waals surface area contributed by atoms with Gasteiger partial charge in [-0.25, -0.2) is 17.5 Å². The molecule has 0 aliphatic carbocycles. The molecule has 176 valence electrons. The van der Waals surface area contributed by atoms with Crippen LogP contribution in [0, 0.1) is 12.7 Å². The number of hydrogen-bond acceptors (Lipinski definition) is 7. The molecule has 0 atom stereocenters. The predicted octanol–water partition coefficient (Wildman–Crippen LogP) is 2.62. The molecule has 1 saturated heterocycles. The van der Waals surface area contributed by atoms with Gasteiger partial charge in [-0.15, -0.1) is 10.2 Å². The minimum atomic E-state index is -3.81. The van der Waals surface area contributed by atoms with E-state index in [2.05, 4.69) is 19.8 Å². The minimum Gasteiger partial charge on any atom is -0.379 e. The van der Waals surface area contributed by atoms with Crippen LogP contribution in [-0.4, -0.2) is 66.7 Å². The van der Waals surface area contributed by atoms with Gasteiger partial charge in [0.05, 0.1) is 24.7 Å². The van der Waals surface area contributed by atoms with E-state index in [1.807, 2.05) is 34.9 Å². The molecule has 2 aromatic carbocycles. The second-order valence-corrected chi connectivity index (χ2v) is 10.4. The lowest BCUT2D eigenvalue weighted by Crippen LogP contribution is -2.36. The van der Waals surface area contributed by atoms with E-state index in [4.69, 9.17) is 4.74 Å². The van der Waals surface area contributed by atoms with Crippen molar-refractivity contribution in [2.24, 2.45) is 0 Å². The fraction of sp³-hybridized carbons (Fsp3) is 0.364. The van der Waals surface area contributed by atoms with Gasteiger partial charge in [-0.2, -0.15) is 0 Å². The van der Waals surface area contributed by atoms with E-state index in [0.29, 0.717) is 36.2 Å². The number of sulfonamides is 1. The molecule has 4 rings (SSSR count). The number of hydrogen-bond donors (Lipinski definition) is 1. The average Bonchev–Trinajstić information content (AvgIpc) is 3.21. The lowest BCUT2D eigenvalue weighted by molar-refractivity contribution is 0.0328. The van der Waals surface area contributed by atoms with Crippen molar-refractivity contribution in [2.75, 3.05) is 38.6 Å². The van der Waals surface area contributed by atoms with Gasteiger partial charge in [0, 0.05) is 31.1 Å². The zero-order chi connectivity index (χ0) is 23.3. The van der Waals surface area contributed by atoms with Crippen LogP contribution in [0.1, 0.15) is 11.4 Å². The minimum absolute atomic E-state index is 0.0484. The number of aromatic nitrogens is 3. The van der Waals surface area contributed by atoms with Crippen LogP contribution in [0.25, 0.3) is 5.69 Å². The van der Waals surface area contributed by atoms with Gasteiger partial charge in [0.2, 0.25) is 10.0 Å². The Balaban J connectivity index is 1.45. The Morgan fingerprint density at radius 1 is 1.12 bits per heavy atom. The van der Waals surface area contributed by atoms with Gasteiger partial charge in [-0.3, -0.25) is 9.47 Å². The van der Waals surface area contributed by atoms with Gasteiger partial charge < -0.3 is 4.74 Å². The summed E-state index contributed by atoms with van der Waals surface area (Å²) in [5.74, 6) is 0.677. The first-order valence-corrected chi connectivity index (χ1v) is 13.1. The highest BCUT2D eigenvalue weighted by Crippen LogP contribution is 2.23. The summed E-state index contributed by atoms with van der Waals surface area (Å²) in [6, 6.07) is 13.6. The van der Waals surface area contributed by atoms with Gasteiger partial charge in [0.1, 0.15) is 5.82 Å². The van der Waals surface area contributed by atoms with E-state index in [1.165, 1.54) is 23.9 Å². The Morgan fingerprint density at radius 3 is 2.64 bits per heavy atom. The molecule has 33 heavy (non-hydrogen) atoms. The Hall–Kier alpha value is -2.31. The zero-order valence-corrected chi connectivity index (χ0v) is 19.9. The van der Waals surface area contributed by atoms with E-state index < -0.39 is 15.8 Å². The summed E-state index contributed by atoms with van der Waals surface area (Å²) in [6.07, 6.45) is 0. The van der Waals surface area contributed by atoms with Gasteiger partial charge in [0.15, 0.2) is 11.0 Å². The van der Waals surface area contributed by atoms with Gasteiger partial charge in [-0.05, 0) is 36.8 Å². The normalized spacial score (nSPS) is 15.1. The third-order valence-electron chi connectivity index (χ3n) is 5.25. The highest BCUT2D eigenvalue weighted by atomic mass is 32.2. The number of benzene rings is 2. The summed E-state index contributed by atoms with van der Waals surface area (Å²) < 4.78 is 48.7. The maximum absolute atomic E-state index is 13.5. The smallest absolute Gasteiger partial charge is 0.240 e. The lowest BCUT2D eigenvalue weighted by Gasteiger charge is -2.26. The van der Waals surface area contributed by atoms with Crippen LogP contribution in [-0.2, 0) is 21.3 Å². The molecule has 8 nitrogen and oxygen atoms in total. The largest absolute Gasteiger partial charge is 0.379 e. The first kappa shape index (κ1) is 23.8. The van der Waals surface area contributed by atoms with Crippen LogP contribution in [0.2, 0.25) is 0 Å². The number of halogens is 1. The molecule has 0 radical (unpaired) electrons. The van der Waals surface area contributed by atoms with Crippen LogP contribution in [0.5, 0.6) is 0 Å². The Morgan fingerprint density at radius 2 is 1.88 bits per heavy atom. The van der Waals surface area contributed by atoms with Crippen molar-refractivity contribution in [1.29, 1.82) is 0 Å². The first-order chi connectivity index (χ1) is 15.9. The Kier molecular flexibility index (Phi) is 7.76. The number of nitrogens with zero attached hydrogens (tertiary/aromatic N) is 4. The molecular formula is C22H26FN5O3S2. The Labute approximate surface area is 197 Å². The van der Waals surface area contributed by atoms with E-state index >= 15 is 0 Å². The number of aryl methyl sites for hydroxylation is 1. The molecule has 0 unspecified atom stereocenters. The standard InChI is InChI=1S/C22H26FN5O3S2/c1-17-7-8-18(23)15-20(17)33(29,30)24-9-14-32-22-26-25-21(16-27-10-12-31-13-11-27)28(22)19-5-3-2-4-6-19/h2-8,15,24H,9-14,16H2,1H3. The summed E-state index contributed by atoms with van der Waals surface area (Å²) in [5, 5.41) is 9.47. The number of ether oxygens (including phenoxy) is 1. The molecule has 1 fully saturated rings. The van der Waals surface area contributed by atoms with Crippen molar-refractivity contribution in [2.45, 2.75) is 23.5 Å². The summed E-state index contributed by atoms with van der Waals surface area (Å²) in [5.41, 5.74) is 1.44. The highest BCUT2D eigenvalue weighted by molar-refractivity contribution is 7.99. The van der Waals surface area contributed by atoms with Crippen LogP contribution in [0.15, 0.2) is 58.6 Å². The molecule has 1 aromatic heterocycles. The quantitative estimate of drug-likeness (QED) is 0.364. The fourth-order valence-corrected chi connectivity index (χ4v) is 5.79. The summed E-state index contributed by atoms with van der Waals surface area (Å²) in [6.45, 7) is 5.54. The average molecular weight is 492 g/mol. The molecule has 1 aliphatic rings. The van der Waals surface area contributed by atoms with Crippen LogP contribution >= 0.6 is 11.8 Å². The molecule has 0 spiro atoms. The van der Waals surface area contributed by atoms with Crippen molar-refractivity contribution in [1.82, 2.24) is 24.4 Å². The lowest BCUT2D eigenvalue weighted by atomic mass is 10.2. The fourth-order valence-electron chi connectivity index (χ4n) is 3.55. The van der Waals surface area contributed by atoms with Crippen LogP contribution < -0.4 is 4.72 Å². The summed E-state index contributed by atoms with van der Waals surface area (Å²) in [7, 11) is -3.81. The van der Waals surface area contributed by atoms with Crippen molar-refractivity contribution in [3.63, 3.8) is 0 Å². The molecule has 1 N–H and O–H groups in total. The van der Waals surface area contributed by atoms with Crippen molar-refractivity contribution in [3.8, 4) is 5.69 Å². The van der Waals surface area contributed by atoms with Gasteiger partial charge >= 0.3 is 0 Å². The van der Waals surface area contributed by atoms with Crippen molar-refractivity contribution < 1.29 is 17.5 Å². The van der Waals surface area contributed by atoms with E-state index in [9.17, 15) is 12.8 Å². The SMILES string of the molecule is Cc1ccc(F)cc1S(=O)(=O)NCCSc1nnc(CN2CCOCC2)n1-c1ccccc1. The monoisotopic (exact) mass is 491 g/mol. The summed E-state index contributed by atoms with van der Waals surface area (Å²) >= 11 is 1.41. The maximum Gasteiger partial charge on any atom is 0.240 e. The number of nitrogens with one attached hydrogen (secondary N) is 1. The number of morpholine rings is 1. The number of para-hydroxylation sites is 1. The molecule has 0 saturated carbocycles. The Bertz CT molecular complexity index is 1180. The predicted molar refractivity (Wildman–Crippen MR) is 125 cm³/mol. The topological polar surface area (TPSA) is 89.3 Å². The van der Waals surface area contributed by atoms with Crippen LogP contribution in [0.4, 0.5) is 4.39 Å². The first-order valence-electron chi connectivity index (χ1n) is 10.6. The third kappa shape index (κ3) is 5.98. The van der Waals surface area contributed by atoms with E-state index in [-0.39, 0.29) is 11.4 Å². The molecular weight excluding hydrogens is 465 g/mol. The van der Waals surface area contributed by atoms with E-state index in [0.717, 1.165) is 30.7 Å². The molecule has 1 aliphatic heterocycles. The molecule has 3 aromatic rings. The second kappa shape index (κ2) is 10.7. The van der Waals surface area contributed by atoms with Crippen LogP contribution in [0.3, 0.4) is 0 Å². The number of rotatable bonds is 9. The molecule has 0 amide bonds. The molecule has 2 heterocycles. The second-order valence-electron chi connectivity index (χ2n) is 7.61. The molecule has 11 heteroatoms. The van der Waals surface area contributed by atoms with Crippen molar-refractivity contribution in [3.05, 3.63) is 65.7 Å².